The maximum atomic E-state index is 3.71. The van der Waals surface area contributed by atoms with Crippen molar-refractivity contribution in [3.63, 3.8) is 0 Å². The Bertz CT molecular complexity index is 345. The largest absolute Gasteiger partial charge is 0.311 e. The van der Waals surface area contributed by atoms with E-state index in [1.165, 1.54) is 37.9 Å². The smallest absolute Gasteiger partial charge is 0.0253 e. The van der Waals surface area contributed by atoms with E-state index in [0.29, 0.717) is 6.04 Å². The van der Waals surface area contributed by atoms with Crippen molar-refractivity contribution in [2.24, 2.45) is 5.92 Å². The fourth-order valence-corrected chi connectivity index (χ4v) is 3.58. The van der Waals surface area contributed by atoms with Crippen LogP contribution in [-0.4, -0.2) is 30.1 Å². The van der Waals surface area contributed by atoms with Crippen LogP contribution in [0.3, 0.4) is 0 Å². The maximum absolute atomic E-state index is 3.71. The van der Waals surface area contributed by atoms with Crippen molar-refractivity contribution in [2.45, 2.75) is 44.8 Å². The number of hydrogen-bond acceptors (Lipinski definition) is 3. The molecule has 1 saturated heterocycles. The van der Waals surface area contributed by atoms with Crippen molar-refractivity contribution >= 4 is 11.3 Å². The van der Waals surface area contributed by atoms with Crippen molar-refractivity contribution < 1.29 is 0 Å². The highest BCUT2D eigenvalue weighted by Gasteiger charge is 2.38. The van der Waals surface area contributed by atoms with Gasteiger partial charge < -0.3 is 5.32 Å². The summed E-state index contributed by atoms with van der Waals surface area (Å²) in [5.41, 5.74) is 1.50. The van der Waals surface area contributed by atoms with Gasteiger partial charge in [-0.1, -0.05) is 6.92 Å². The number of piperazine rings is 1. The highest BCUT2D eigenvalue weighted by Crippen LogP contribution is 2.37. The van der Waals surface area contributed by atoms with Crippen molar-refractivity contribution in [3.05, 3.63) is 22.4 Å². The van der Waals surface area contributed by atoms with Gasteiger partial charge in [0.1, 0.15) is 0 Å². The molecule has 0 spiro atoms. The van der Waals surface area contributed by atoms with Crippen LogP contribution in [0.2, 0.25) is 0 Å². The van der Waals surface area contributed by atoms with Crippen LogP contribution in [0, 0.1) is 5.92 Å². The average molecular weight is 250 g/mol. The van der Waals surface area contributed by atoms with E-state index in [1.54, 1.807) is 0 Å². The van der Waals surface area contributed by atoms with E-state index >= 15 is 0 Å². The summed E-state index contributed by atoms with van der Waals surface area (Å²) in [4.78, 5) is 2.73. The zero-order chi connectivity index (χ0) is 11.7. The first-order valence-corrected chi connectivity index (χ1v) is 7.79. The van der Waals surface area contributed by atoms with E-state index in [4.69, 9.17) is 0 Å². The number of thiophene rings is 1. The third-order valence-corrected chi connectivity index (χ3v) is 4.90. The van der Waals surface area contributed by atoms with Gasteiger partial charge >= 0.3 is 0 Å². The average Bonchev–Trinajstić information content (AvgIpc) is 3.07. The standard InChI is InChI=1S/C14H22N2S/c1-2-13-9-16(8-11-5-6-17-10-11)14(7-15-13)12-3-4-12/h5-6,10,12-15H,2-4,7-9H2,1H3. The van der Waals surface area contributed by atoms with Gasteiger partial charge in [-0.2, -0.15) is 11.3 Å². The fraction of sp³-hybridized carbons (Fsp3) is 0.714. The Morgan fingerprint density at radius 3 is 3.00 bits per heavy atom. The predicted octanol–water partition coefficient (Wildman–Crippen LogP) is 2.71. The Labute approximate surface area is 108 Å². The highest BCUT2D eigenvalue weighted by molar-refractivity contribution is 7.07. The molecule has 1 N–H and O–H groups in total. The lowest BCUT2D eigenvalue weighted by Crippen LogP contribution is -2.56. The normalized spacial score (nSPS) is 30.6. The first kappa shape index (κ1) is 11.7. The predicted molar refractivity (Wildman–Crippen MR) is 73.3 cm³/mol. The summed E-state index contributed by atoms with van der Waals surface area (Å²) in [6.07, 6.45) is 4.14. The highest BCUT2D eigenvalue weighted by atomic mass is 32.1. The summed E-state index contributed by atoms with van der Waals surface area (Å²) in [5, 5.41) is 8.20. The van der Waals surface area contributed by atoms with Gasteiger partial charge in [0.15, 0.2) is 0 Å². The van der Waals surface area contributed by atoms with Gasteiger partial charge in [0.2, 0.25) is 0 Å². The minimum atomic E-state index is 0.698. The van der Waals surface area contributed by atoms with E-state index < -0.39 is 0 Å². The summed E-state index contributed by atoms with van der Waals surface area (Å²) in [6, 6.07) is 3.76. The Morgan fingerprint density at radius 2 is 2.35 bits per heavy atom. The number of nitrogens with one attached hydrogen (secondary N) is 1. The Balaban J connectivity index is 1.67. The van der Waals surface area contributed by atoms with E-state index in [-0.39, 0.29) is 0 Å². The van der Waals surface area contributed by atoms with Crippen LogP contribution in [0.4, 0.5) is 0 Å². The molecule has 2 aliphatic rings. The van der Waals surface area contributed by atoms with Crippen LogP contribution in [0.15, 0.2) is 16.8 Å². The molecule has 2 fully saturated rings. The molecule has 3 rings (SSSR count). The summed E-state index contributed by atoms with van der Waals surface area (Å²) < 4.78 is 0. The molecular formula is C14H22N2S. The second-order valence-corrected chi connectivity index (χ2v) is 6.26. The van der Waals surface area contributed by atoms with Crippen LogP contribution >= 0.6 is 11.3 Å². The molecule has 3 heteroatoms. The topological polar surface area (TPSA) is 15.3 Å². The monoisotopic (exact) mass is 250 g/mol. The number of nitrogens with zero attached hydrogens (tertiary/aromatic N) is 1. The van der Waals surface area contributed by atoms with E-state index in [9.17, 15) is 0 Å². The molecule has 1 saturated carbocycles. The van der Waals surface area contributed by atoms with Crippen LogP contribution in [0.1, 0.15) is 31.7 Å². The quantitative estimate of drug-likeness (QED) is 0.884. The lowest BCUT2D eigenvalue weighted by Gasteiger charge is -2.40. The third kappa shape index (κ3) is 2.72. The molecule has 2 heterocycles. The minimum absolute atomic E-state index is 0.698. The van der Waals surface area contributed by atoms with E-state index in [2.05, 4.69) is 34.0 Å². The molecule has 94 valence electrons. The lowest BCUT2D eigenvalue weighted by molar-refractivity contribution is 0.106. The molecule has 1 aromatic heterocycles. The van der Waals surface area contributed by atoms with Gasteiger partial charge in [-0.25, -0.2) is 0 Å². The third-order valence-electron chi connectivity index (χ3n) is 4.16. The van der Waals surface area contributed by atoms with Crippen molar-refractivity contribution in [3.8, 4) is 0 Å². The van der Waals surface area contributed by atoms with Crippen molar-refractivity contribution in [1.29, 1.82) is 0 Å². The van der Waals surface area contributed by atoms with Crippen LogP contribution < -0.4 is 5.32 Å². The zero-order valence-electron chi connectivity index (χ0n) is 10.6. The van der Waals surface area contributed by atoms with Crippen LogP contribution in [0.5, 0.6) is 0 Å². The summed E-state index contributed by atoms with van der Waals surface area (Å²) in [5.74, 6) is 0.971. The molecule has 0 bridgehead atoms. The van der Waals surface area contributed by atoms with Crippen LogP contribution in [-0.2, 0) is 6.54 Å². The van der Waals surface area contributed by atoms with Crippen molar-refractivity contribution in [2.75, 3.05) is 13.1 Å². The first-order chi connectivity index (χ1) is 8.36. The van der Waals surface area contributed by atoms with Gasteiger partial charge in [-0.3, -0.25) is 4.90 Å². The molecule has 2 unspecified atom stereocenters. The molecular weight excluding hydrogens is 228 g/mol. The second kappa shape index (κ2) is 5.09. The summed E-state index contributed by atoms with van der Waals surface area (Å²) in [7, 11) is 0. The summed E-state index contributed by atoms with van der Waals surface area (Å²) >= 11 is 1.82. The second-order valence-electron chi connectivity index (χ2n) is 5.48. The Hall–Kier alpha value is -0.380. The Morgan fingerprint density at radius 1 is 1.47 bits per heavy atom. The number of hydrogen-bond donors (Lipinski definition) is 1. The summed E-state index contributed by atoms with van der Waals surface area (Å²) in [6.45, 7) is 5.88. The van der Waals surface area contributed by atoms with Gasteiger partial charge in [-0.15, -0.1) is 0 Å². The van der Waals surface area contributed by atoms with Gasteiger partial charge in [0.25, 0.3) is 0 Å². The minimum Gasteiger partial charge on any atom is -0.311 e. The molecule has 2 nitrogen and oxygen atoms in total. The molecule has 1 aliphatic heterocycles. The SMILES string of the molecule is CCC1CN(Cc2ccsc2)C(C2CC2)CN1. The number of rotatable bonds is 4. The molecule has 0 radical (unpaired) electrons. The zero-order valence-corrected chi connectivity index (χ0v) is 11.4. The molecule has 17 heavy (non-hydrogen) atoms. The molecule has 1 aliphatic carbocycles. The molecule has 0 aromatic carbocycles. The van der Waals surface area contributed by atoms with E-state index in [1.807, 2.05) is 11.3 Å². The maximum Gasteiger partial charge on any atom is 0.0253 e. The first-order valence-electron chi connectivity index (χ1n) is 6.85. The van der Waals surface area contributed by atoms with E-state index in [0.717, 1.165) is 18.5 Å². The van der Waals surface area contributed by atoms with Gasteiger partial charge in [-0.05, 0) is 47.6 Å². The lowest BCUT2D eigenvalue weighted by atomic mass is 10.0. The molecule has 1 aromatic rings. The van der Waals surface area contributed by atoms with Crippen molar-refractivity contribution in [1.82, 2.24) is 10.2 Å². The molecule has 0 amide bonds. The Kier molecular flexibility index (Phi) is 3.50. The van der Waals surface area contributed by atoms with Gasteiger partial charge in [0, 0.05) is 31.7 Å². The van der Waals surface area contributed by atoms with Crippen LogP contribution in [0.25, 0.3) is 0 Å². The van der Waals surface area contributed by atoms with Gasteiger partial charge in [0.05, 0.1) is 0 Å². The fourth-order valence-electron chi connectivity index (χ4n) is 2.92. The molecule has 2 atom stereocenters.